The third kappa shape index (κ3) is 5.44. The molecular formula is C23H28BrN7O. The third-order valence-corrected chi connectivity index (χ3v) is 6.76. The average Bonchev–Trinajstić information content (AvgIpc) is 3.35. The predicted octanol–water partition coefficient (Wildman–Crippen LogP) is 3.27. The first-order valence-corrected chi connectivity index (χ1v) is 11.9. The summed E-state index contributed by atoms with van der Waals surface area (Å²) in [5.41, 5.74) is 5.02. The van der Waals surface area contributed by atoms with Gasteiger partial charge in [-0.2, -0.15) is 10.2 Å². The van der Waals surface area contributed by atoms with Gasteiger partial charge in [-0.25, -0.2) is 9.99 Å². The number of carbonyl (C=O) groups is 1. The molecule has 32 heavy (non-hydrogen) atoms. The maximum absolute atomic E-state index is 13.5. The Balaban J connectivity index is 1.49. The van der Waals surface area contributed by atoms with Crippen molar-refractivity contribution in [1.29, 1.82) is 5.26 Å². The molecule has 1 aliphatic heterocycles. The van der Waals surface area contributed by atoms with Crippen molar-refractivity contribution in [1.82, 2.24) is 24.8 Å². The van der Waals surface area contributed by atoms with E-state index in [2.05, 4.69) is 48.2 Å². The van der Waals surface area contributed by atoms with Gasteiger partial charge < -0.3 is 4.90 Å². The highest BCUT2D eigenvalue weighted by Gasteiger charge is 2.29. The van der Waals surface area contributed by atoms with Crippen LogP contribution in [0.5, 0.6) is 0 Å². The van der Waals surface area contributed by atoms with Crippen LogP contribution in [0, 0.1) is 11.3 Å². The number of hydrazine groups is 1. The summed E-state index contributed by atoms with van der Waals surface area (Å²) in [4.78, 5) is 26.4. The molecule has 0 spiro atoms. The predicted molar refractivity (Wildman–Crippen MR) is 126 cm³/mol. The lowest BCUT2D eigenvalue weighted by Crippen LogP contribution is -2.44. The summed E-state index contributed by atoms with van der Waals surface area (Å²) in [6.45, 7) is 5.21. The summed E-state index contributed by atoms with van der Waals surface area (Å²) in [6.07, 6.45) is 5.59. The van der Waals surface area contributed by atoms with Crippen LogP contribution in [0.2, 0.25) is 0 Å². The van der Waals surface area contributed by atoms with Gasteiger partial charge in [-0.3, -0.25) is 15.1 Å². The fourth-order valence-corrected chi connectivity index (χ4v) is 4.52. The minimum Gasteiger partial charge on any atom is -0.304 e. The molecule has 1 saturated heterocycles. The molecule has 1 saturated carbocycles. The number of aromatic nitrogens is 2. The van der Waals surface area contributed by atoms with E-state index in [0.717, 1.165) is 58.4 Å². The highest BCUT2D eigenvalue weighted by Crippen LogP contribution is 2.27. The Morgan fingerprint density at radius 3 is 2.56 bits per heavy atom. The summed E-state index contributed by atoms with van der Waals surface area (Å²) < 4.78 is 0.606. The molecule has 4 rings (SSSR count). The molecular weight excluding hydrogens is 470 g/mol. The van der Waals surface area contributed by atoms with E-state index in [-0.39, 0.29) is 17.8 Å². The maximum atomic E-state index is 13.5. The van der Waals surface area contributed by atoms with E-state index in [4.69, 9.17) is 5.26 Å². The highest BCUT2D eigenvalue weighted by molar-refractivity contribution is 9.10. The van der Waals surface area contributed by atoms with Crippen LogP contribution in [0.15, 0.2) is 34.9 Å². The number of nitrogens with one attached hydrogen (secondary N) is 1. The van der Waals surface area contributed by atoms with Crippen LogP contribution in [-0.2, 0) is 6.54 Å². The Bertz CT molecular complexity index is 977. The van der Waals surface area contributed by atoms with Crippen LogP contribution < -0.4 is 5.43 Å². The fraction of sp³-hybridized carbons (Fsp3) is 0.478. The monoisotopic (exact) mass is 497 g/mol. The molecule has 1 N–H and O–H groups in total. The molecule has 1 amide bonds. The zero-order valence-corrected chi connectivity index (χ0v) is 19.9. The topological polar surface area (TPSA) is 88.4 Å². The van der Waals surface area contributed by atoms with Crippen molar-refractivity contribution < 1.29 is 4.79 Å². The Kier molecular flexibility index (Phi) is 7.35. The van der Waals surface area contributed by atoms with Crippen molar-refractivity contribution in [3.05, 3.63) is 51.9 Å². The quantitative estimate of drug-likeness (QED) is 0.612. The number of carbonyl (C=O) groups excluding carboxylic acids is 1. The number of amides is 1. The maximum Gasteiger partial charge on any atom is 0.272 e. The van der Waals surface area contributed by atoms with E-state index in [0.29, 0.717) is 15.9 Å². The van der Waals surface area contributed by atoms with Crippen molar-refractivity contribution in [3.63, 3.8) is 0 Å². The minimum absolute atomic E-state index is 0.0581. The Morgan fingerprint density at radius 2 is 1.91 bits per heavy atom. The molecule has 0 unspecified atom stereocenters. The lowest BCUT2D eigenvalue weighted by molar-refractivity contribution is 0.0731. The number of piperazine rings is 1. The van der Waals surface area contributed by atoms with Gasteiger partial charge in [-0.1, -0.05) is 25.0 Å². The SMILES string of the molecule is CN1CCN(Cc2ccc(C(=O)N(Nc3nc(C#N)ncc3Br)C3CCCC3)cc2)CC1. The van der Waals surface area contributed by atoms with E-state index >= 15 is 0 Å². The van der Waals surface area contributed by atoms with Crippen molar-refractivity contribution in [2.24, 2.45) is 0 Å². The molecule has 1 aliphatic carbocycles. The summed E-state index contributed by atoms with van der Waals surface area (Å²) in [5, 5.41) is 10.8. The standard InChI is InChI=1S/C23H28BrN7O/c1-29-10-12-30(13-11-29)16-17-6-8-18(9-7-17)23(32)31(19-4-2-3-5-19)28-22-20(24)15-26-21(14-25)27-22/h6-9,15,19H,2-5,10-13,16H2,1H3,(H,26,27,28). The Hall–Kier alpha value is -2.54. The Labute approximate surface area is 197 Å². The molecule has 2 fully saturated rings. The second-order valence-electron chi connectivity index (χ2n) is 8.50. The summed E-state index contributed by atoms with van der Waals surface area (Å²) >= 11 is 3.42. The van der Waals surface area contributed by atoms with E-state index in [1.807, 2.05) is 30.3 Å². The van der Waals surface area contributed by atoms with Crippen LogP contribution in [0.3, 0.4) is 0 Å². The Morgan fingerprint density at radius 1 is 1.22 bits per heavy atom. The van der Waals surface area contributed by atoms with Gasteiger partial charge in [0.25, 0.3) is 5.91 Å². The molecule has 1 aromatic carbocycles. The van der Waals surface area contributed by atoms with Crippen LogP contribution in [0.4, 0.5) is 5.82 Å². The zero-order valence-electron chi connectivity index (χ0n) is 18.3. The number of nitrogens with zero attached hydrogens (tertiary/aromatic N) is 6. The largest absolute Gasteiger partial charge is 0.304 e. The van der Waals surface area contributed by atoms with E-state index < -0.39 is 0 Å². The van der Waals surface area contributed by atoms with Gasteiger partial charge in [0.2, 0.25) is 5.82 Å². The molecule has 0 radical (unpaired) electrons. The van der Waals surface area contributed by atoms with E-state index in [9.17, 15) is 4.79 Å². The van der Waals surface area contributed by atoms with Crippen molar-refractivity contribution in [2.45, 2.75) is 38.3 Å². The molecule has 9 heteroatoms. The second-order valence-corrected chi connectivity index (χ2v) is 9.36. The summed E-state index contributed by atoms with van der Waals surface area (Å²) in [5.74, 6) is 0.387. The number of benzene rings is 1. The van der Waals surface area contributed by atoms with Crippen molar-refractivity contribution in [2.75, 3.05) is 38.7 Å². The number of hydrogen-bond acceptors (Lipinski definition) is 7. The van der Waals surface area contributed by atoms with E-state index in [1.165, 1.54) is 11.8 Å². The molecule has 0 atom stereocenters. The van der Waals surface area contributed by atoms with Crippen LogP contribution in [0.25, 0.3) is 0 Å². The van der Waals surface area contributed by atoms with Gasteiger partial charge in [-0.05, 0) is 53.5 Å². The number of nitriles is 1. The molecule has 1 aromatic heterocycles. The lowest BCUT2D eigenvalue weighted by atomic mass is 10.1. The summed E-state index contributed by atoms with van der Waals surface area (Å²) in [6, 6.07) is 9.95. The third-order valence-electron chi connectivity index (χ3n) is 6.18. The number of hydrogen-bond donors (Lipinski definition) is 1. The lowest BCUT2D eigenvalue weighted by Gasteiger charge is -2.32. The van der Waals surface area contributed by atoms with Gasteiger partial charge in [0.1, 0.15) is 6.07 Å². The van der Waals surface area contributed by atoms with Gasteiger partial charge in [0.05, 0.1) is 10.5 Å². The molecule has 2 aliphatic rings. The minimum atomic E-state index is -0.0907. The van der Waals surface area contributed by atoms with Gasteiger partial charge in [0.15, 0.2) is 5.82 Å². The normalized spacial score (nSPS) is 17.8. The first-order chi connectivity index (χ1) is 15.5. The molecule has 8 nitrogen and oxygen atoms in total. The molecule has 0 bridgehead atoms. The first-order valence-electron chi connectivity index (χ1n) is 11.1. The smallest absolute Gasteiger partial charge is 0.272 e. The van der Waals surface area contributed by atoms with Gasteiger partial charge in [-0.15, -0.1) is 0 Å². The number of rotatable bonds is 6. The average molecular weight is 498 g/mol. The van der Waals surface area contributed by atoms with E-state index in [1.54, 1.807) is 5.01 Å². The fourth-order valence-electron chi connectivity index (χ4n) is 4.24. The second kappa shape index (κ2) is 10.4. The van der Waals surface area contributed by atoms with Crippen LogP contribution in [0.1, 0.15) is 47.4 Å². The summed E-state index contributed by atoms with van der Waals surface area (Å²) in [7, 11) is 2.16. The highest BCUT2D eigenvalue weighted by atomic mass is 79.9. The molecule has 2 heterocycles. The van der Waals surface area contributed by atoms with Gasteiger partial charge >= 0.3 is 0 Å². The number of halogens is 1. The van der Waals surface area contributed by atoms with Crippen molar-refractivity contribution in [3.8, 4) is 6.07 Å². The van der Waals surface area contributed by atoms with Crippen LogP contribution in [-0.4, -0.2) is 70.0 Å². The molecule has 2 aromatic rings. The zero-order chi connectivity index (χ0) is 22.5. The van der Waals surface area contributed by atoms with Crippen LogP contribution >= 0.6 is 15.9 Å². The molecule has 168 valence electrons. The van der Waals surface area contributed by atoms with Crippen molar-refractivity contribution >= 4 is 27.7 Å². The first kappa shape index (κ1) is 22.6. The number of likely N-dealkylation sites (N-methyl/N-ethyl adjacent to an activating group) is 1. The van der Waals surface area contributed by atoms with Gasteiger partial charge in [0, 0.05) is 44.5 Å². The number of anilines is 1.